The molecule has 2 amide bonds. The number of hydrogen-bond donors (Lipinski definition) is 2. The predicted octanol–water partition coefficient (Wildman–Crippen LogP) is 3.45. The average Bonchev–Trinajstić information content (AvgIpc) is 2.54. The van der Waals surface area contributed by atoms with Gasteiger partial charge in [0.1, 0.15) is 5.54 Å². The van der Waals surface area contributed by atoms with Gasteiger partial charge < -0.3 is 10.6 Å². The number of carbonyl (C=O) groups is 2. The second kappa shape index (κ2) is 7.56. The van der Waals surface area contributed by atoms with Crippen LogP contribution in [0, 0.1) is 0 Å². The second-order valence-electron chi connectivity index (χ2n) is 7.68. The summed E-state index contributed by atoms with van der Waals surface area (Å²) in [6, 6.07) is 7.90. The number of carbonyl (C=O) groups excluding carboxylic acids is 2. The maximum atomic E-state index is 13.0. The SMILES string of the molecule is CC1(C)C(=O)Nc2ccccc2N1C(=O)CNC1CCCCCCC1. The highest BCUT2D eigenvalue weighted by atomic mass is 16.2. The summed E-state index contributed by atoms with van der Waals surface area (Å²) in [4.78, 5) is 27.1. The van der Waals surface area contributed by atoms with Gasteiger partial charge in [-0.3, -0.25) is 14.5 Å². The normalized spacial score (nSPS) is 21.0. The highest BCUT2D eigenvalue weighted by Gasteiger charge is 2.43. The van der Waals surface area contributed by atoms with Gasteiger partial charge in [-0.2, -0.15) is 0 Å². The molecular formula is C20H29N3O2. The van der Waals surface area contributed by atoms with Gasteiger partial charge in [0.2, 0.25) is 11.8 Å². The molecule has 0 bridgehead atoms. The zero-order valence-electron chi connectivity index (χ0n) is 15.3. The number of nitrogens with one attached hydrogen (secondary N) is 2. The molecule has 5 heteroatoms. The van der Waals surface area contributed by atoms with Crippen LogP contribution in [0.5, 0.6) is 0 Å². The van der Waals surface area contributed by atoms with Crippen LogP contribution in [0.15, 0.2) is 24.3 Å². The number of benzene rings is 1. The van der Waals surface area contributed by atoms with Gasteiger partial charge in [0.25, 0.3) is 0 Å². The van der Waals surface area contributed by atoms with E-state index in [0.717, 1.165) is 18.5 Å². The van der Waals surface area contributed by atoms with E-state index in [1.54, 1.807) is 18.7 Å². The molecule has 3 rings (SSSR count). The van der Waals surface area contributed by atoms with E-state index in [1.807, 2.05) is 24.3 Å². The maximum absolute atomic E-state index is 13.0. The number of fused-ring (bicyclic) bond motifs is 1. The summed E-state index contributed by atoms with van der Waals surface area (Å²) in [7, 11) is 0. The summed E-state index contributed by atoms with van der Waals surface area (Å²) < 4.78 is 0. The average molecular weight is 343 g/mol. The monoisotopic (exact) mass is 343 g/mol. The summed E-state index contributed by atoms with van der Waals surface area (Å²) in [5.74, 6) is -0.195. The number of anilines is 2. The van der Waals surface area contributed by atoms with Crippen LogP contribution in [0.2, 0.25) is 0 Å². The predicted molar refractivity (Wildman–Crippen MR) is 101 cm³/mol. The van der Waals surface area contributed by atoms with Crippen LogP contribution in [-0.2, 0) is 9.59 Å². The third-order valence-corrected chi connectivity index (χ3v) is 5.40. The Morgan fingerprint density at radius 1 is 1.16 bits per heavy atom. The Kier molecular flexibility index (Phi) is 5.42. The quantitative estimate of drug-likeness (QED) is 0.883. The van der Waals surface area contributed by atoms with Crippen LogP contribution in [0.25, 0.3) is 0 Å². The van der Waals surface area contributed by atoms with E-state index in [0.29, 0.717) is 11.7 Å². The van der Waals surface area contributed by atoms with Crippen LogP contribution in [0.4, 0.5) is 11.4 Å². The number of para-hydroxylation sites is 2. The lowest BCUT2D eigenvalue weighted by Crippen LogP contribution is -2.60. The number of rotatable bonds is 3. The van der Waals surface area contributed by atoms with Crippen LogP contribution in [0.3, 0.4) is 0 Å². The van der Waals surface area contributed by atoms with Gasteiger partial charge in [0.05, 0.1) is 17.9 Å². The lowest BCUT2D eigenvalue weighted by Gasteiger charge is -2.42. The van der Waals surface area contributed by atoms with Gasteiger partial charge in [-0.05, 0) is 38.8 Å². The molecule has 2 aliphatic rings. The smallest absolute Gasteiger partial charge is 0.250 e. The highest BCUT2D eigenvalue weighted by molar-refractivity contribution is 6.14. The largest absolute Gasteiger partial charge is 0.322 e. The van der Waals surface area contributed by atoms with Crippen LogP contribution < -0.4 is 15.5 Å². The molecule has 5 nitrogen and oxygen atoms in total. The molecule has 1 aromatic carbocycles. The number of hydrogen-bond acceptors (Lipinski definition) is 3. The van der Waals surface area contributed by atoms with Crippen molar-refractivity contribution in [3.05, 3.63) is 24.3 Å². The fraction of sp³-hybridized carbons (Fsp3) is 0.600. The molecule has 1 aliphatic carbocycles. The molecule has 1 saturated carbocycles. The Morgan fingerprint density at radius 2 is 1.80 bits per heavy atom. The standard InChI is InChI=1S/C20H29N3O2/c1-20(2)19(25)22-16-12-8-9-13-17(16)23(20)18(24)14-21-15-10-6-4-3-5-7-11-15/h8-9,12-13,15,21H,3-7,10-11,14H2,1-2H3,(H,22,25). The zero-order chi connectivity index (χ0) is 17.9. The fourth-order valence-corrected chi connectivity index (χ4v) is 3.87. The molecular weight excluding hydrogens is 314 g/mol. The van der Waals surface area contributed by atoms with Gasteiger partial charge in [-0.25, -0.2) is 0 Å². The van der Waals surface area contributed by atoms with Gasteiger partial charge in [-0.1, -0.05) is 44.2 Å². The molecule has 25 heavy (non-hydrogen) atoms. The number of amides is 2. The lowest BCUT2D eigenvalue weighted by molar-refractivity contribution is -0.126. The molecule has 1 fully saturated rings. The Hall–Kier alpha value is -1.88. The van der Waals surface area contributed by atoms with Gasteiger partial charge in [0.15, 0.2) is 0 Å². The summed E-state index contributed by atoms with van der Waals surface area (Å²) in [5.41, 5.74) is 0.580. The Bertz CT molecular complexity index is 634. The molecule has 0 unspecified atom stereocenters. The van der Waals surface area contributed by atoms with Crippen LogP contribution in [0.1, 0.15) is 58.8 Å². The van der Waals surface area contributed by atoms with Crippen LogP contribution in [-0.4, -0.2) is 29.9 Å². The summed E-state index contributed by atoms with van der Waals surface area (Å²) in [6.07, 6.45) is 8.64. The topological polar surface area (TPSA) is 61.4 Å². The number of nitrogens with zero attached hydrogens (tertiary/aromatic N) is 1. The van der Waals surface area contributed by atoms with Gasteiger partial charge >= 0.3 is 0 Å². The maximum Gasteiger partial charge on any atom is 0.250 e. The van der Waals surface area contributed by atoms with Crippen molar-refractivity contribution in [2.45, 2.75) is 70.4 Å². The first kappa shape index (κ1) is 17.9. The molecule has 0 aromatic heterocycles. The van der Waals surface area contributed by atoms with Crippen LogP contribution >= 0.6 is 0 Å². The van der Waals surface area contributed by atoms with Crippen molar-refractivity contribution in [2.24, 2.45) is 0 Å². The molecule has 0 saturated heterocycles. The van der Waals surface area contributed by atoms with Crippen molar-refractivity contribution in [2.75, 3.05) is 16.8 Å². The minimum absolute atomic E-state index is 0.0469. The first-order valence-corrected chi connectivity index (χ1v) is 9.47. The van der Waals surface area contributed by atoms with Gasteiger partial charge in [0, 0.05) is 6.04 Å². The van der Waals surface area contributed by atoms with E-state index in [4.69, 9.17) is 0 Å². The minimum Gasteiger partial charge on any atom is -0.322 e. The van der Waals surface area contributed by atoms with E-state index in [1.165, 1.54) is 32.1 Å². The molecule has 2 N–H and O–H groups in total. The molecule has 0 atom stereocenters. The lowest BCUT2D eigenvalue weighted by atomic mass is 9.95. The Labute approximate surface area is 150 Å². The molecule has 1 aliphatic heterocycles. The molecule has 1 heterocycles. The minimum atomic E-state index is -0.895. The summed E-state index contributed by atoms with van der Waals surface area (Å²) >= 11 is 0. The molecule has 0 radical (unpaired) electrons. The van der Waals surface area contributed by atoms with Crippen molar-refractivity contribution >= 4 is 23.2 Å². The van der Waals surface area contributed by atoms with Crippen molar-refractivity contribution in [3.63, 3.8) is 0 Å². The van der Waals surface area contributed by atoms with E-state index in [9.17, 15) is 9.59 Å². The van der Waals surface area contributed by atoms with Gasteiger partial charge in [-0.15, -0.1) is 0 Å². The molecule has 1 aromatic rings. The zero-order valence-corrected chi connectivity index (χ0v) is 15.3. The second-order valence-corrected chi connectivity index (χ2v) is 7.68. The van der Waals surface area contributed by atoms with Crippen molar-refractivity contribution in [1.29, 1.82) is 0 Å². The van der Waals surface area contributed by atoms with E-state index in [2.05, 4.69) is 10.6 Å². The van der Waals surface area contributed by atoms with E-state index < -0.39 is 5.54 Å². The highest BCUT2D eigenvalue weighted by Crippen LogP contribution is 2.36. The molecule has 0 spiro atoms. The van der Waals surface area contributed by atoms with Crippen molar-refractivity contribution in [1.82, 2.24) is 5.32 Å². The Morgan fingerprint density at radius 3 is 2.52 bits per heavy atom. The van der Waals surface area contributed by atoms with Crippen molar-refractivity contribution < 1.29 is 9.59 Å². The van der Waals surface area contributed by atoms with E-state index >= 15 is 0 Å². The summed E-state index contributed by atoms with van der Waals surface area (Å²) in [6.45, 7) is 3.87. The fourth-order valence-electron chi connectivity index (χ4n) is 3.87. The first-order chi connectivity index (χ1) is 12.0. The van der Waals surface area contributed by atoms with E-state index in [-0.39, 0.29) is 18.4 Å². The molecule has 136 valence electrons. The Balaban J connectivity index is 1.72. The first-order valence-electron chi connectivity index (χ1n) is 9.47. The third-order valence-electron chi connectivity index (χ3n) is 5.40. The summed E-state index contributed by atoms with van der Waals surface area (Å²) in [5, 5.41) is 6.35. The van der Waals surface area contributed by atoms with Crippen molar-refractivity contribution in [3.8, 4) is 0 Å². The third kappa shape index (κ3) is 3.87.